The Morgan fingerprint density at radius 3 is 2.08 bits per heavy atom. The number of H-pyrrole nitrogens is 1. The summed E-state index contributed by atoms with van der Waals surface area (Å²) in [6.07, 6.45) is -0.853. The first-order chi connectivity index (χ1) is 28.5. The van der Waals surface area contributed by atoms with Crippen LogP contribution in [0.25, 0.3) is 0 Å². The zero-order chi connectivity index (χ0) is 42.0. The summed E-state index contributed by atoms with van der Waals surface area (Å²) in [5.74, 6) is 1.30. The third-order valence-corrected chi connectivity index (χ3v) is 12.2. The van der Waals surface area contributed by atoms with Crippen molar-refractivity contribution in [1.29, 1.82) is 5.26 Å². The largest absolute Gasteiger partial charge is 0.497 e. The van der Waals surface area contributed by atoms with Gasteiger partial charge < -0.3 is 32.5 Å². The van der Waals surface area contributed by atoms with Crippen molar-refractivity contribution in [3.8, 4) is 17.6 Å². The van der Waals surface area contributed by atoms with Gasteiger partial charge in [0.25, 0.3) is 11.2 Å². The van der Waals surface area contributed by atoms with E-state index < -0.39 is 46.9 Å². The van der Waals surface area contributed by atoms with Crippen LogP contribution in [-0.2, 0) is 46.9 Å². The van der Waals surface area contributed by atoms with Gasteiger partial charge in [0, 0.05) is 30.3 Å². The van der Waals surface area contributed by atoms with E-state index in [4.69, 9.17) is 44.3 Å². The number of nitriles is 1. The molecule has 0 amide bonds. The molecule has 2 heterocycles. The lowest BCUT2D eigenvalue weighted by molar-refractivity contribution is -0.384. The fraction of sp³-hybridized carbons (Fsp3) is 0.310. The number of nitrogens with zero attached hydrogens (tertiary/aromatic N) is 3. The third-order valence-electron chi connectivity index (χ3n) is 9.79. The molecule has 4 atom stereocenters. The van der Waals surface area contributed by atoms with Crippen LogP contribution in [0.15, 0.2) is 119 Å². The summed E-state index contributed by atoms with van der Waals surface area (Å²) in [6, 6.07) is 32.9. The van der Waals surface area contributed by atoms with Gasteiger partial charge in [-0.2, -0.15) is 5.26 Å². The SMILES string of the molecule is COc1ccc(C(OC[C@H]2O[C@@H](n3cc(C)c(=O)[nH]c3=O)C[C@@H]2OP(=S)(OCCC#N)OCCc2ccc([N+](=O)[O-])cc2)(c2ccccc2)c2ccc(OC)cc2)cc1. The molecule has 1 unspecified atom stereocenters. The van der Waals surface area contributed by atoms with Gasteiger partial charge in [-0.3, -0.25) is 24.5 Å². The summed E-state index contributed by atoms with van der Waals surface area (Å²) in [5.41, 5.74) is 0.924. The number of ether oxygens (including phenoxy) is 4. The monoisotopic (exact) mass is 842 g/mol. The minimum Gasteiger partial charge on any atom is -0.497 e. The molecular weight excluding hydrogens is 800 g/mol. The smallest absolute Gasteiger partial charge is 0.330 e. The summed E-state index contributed by atoms with van der Waals surface area (Å²) < 4.78 is 44.8. The van der Waals surface area contributed by atoms with Gasteiger partial charge in [0.05, 0.1) is 57.6 Å². The summed E-state index contributed by atoms with van der Waals surface area (Å²) in [4.78, 5) is 38.5. The molecule has 1 N–H and O–H groups in total. The number of aryl methyl sites for hydroxylation is 1. The lowest BCUT2D eigenvalue weighted by Crippen LogP contribution is -2.38. The van der Waals surface area contributed by atoms with Crippen LogP contribution in [-0.4, -0.2) is 60.7 Å². The highest BCUT2D eigenvalue weighted by atomic mass is 32.5. The molecule has 15 nitrogen and oxygen atoms in total. The second-order valence-corrected chi connectivity index (χ2v) is 16.5. The molecule has 0 radical (unpaired) electrons. The summed E-state index contributed by atoms with van der Waals surface area (Å²) in [7, 11) is 3.18. The highest BCUT2D eigenvalue weighted by Gasteiger charge is 2.45. The van der Waals surface area contributed by atoms with E-state index in [1.165, 1.54) is 22.9 Å². The van der Waals surface area contributed by atoms with Gasteiger partial charge >= 0.3 is 12.4 Å². The fourth-order valence-electron chi connectivity index (χ4n) is 6.74. The first-order valence-corrected chi connectivity index (χ1v) is 21.2. The molecule has 59 heavy (non-hydrogen) atoms. The van der Waals surface area contributed by atoms with Crippen LogP contribution in [0.1, 0.15) is 46.9 Å². The Hall–Kier alpha value is -5.50. The van der Waals surface area contributed by atoms with Crippen molar-refractivity contribution in [2.75, 3.05) is 34.0 Å². The number of hydrogen-bond donors (Lipinski definition) is 1. The molecule has 0 aliphatic carbocycles. The van der Waals surface area contributed by atoms with Crippen LogP contribution < -0.4 is 20.7 Å². The lowest BCUT2D eigenvalue weighted by atomic mass is 9.80. The van der Waals surface area contributed by atoms with Gasteiger partial charge in [-0.25, -0.2) is 4.79 Å². The minimum absolute atomic E-state index is 0.0131. The Kier molecular flexibility index (Phi) is 14.2. The molecule has 6 rings (SSSR count). The maximum Gasteiger partial charge on any atom is 0.330 e. The quantitative estimate of drug-likeness (QED) is 0.0299. The molecule has 0 bridgehead atoms. The highest BCUT2D eigenvalue weighted by Crippen LogP contribution is 2.54. The maximum atomic E-state index is 13.2. The molecule has 1 aromatic heterocycles. The average Bonchev–Trinajstić information content (AvgIpc) is 3.64. The van der Waals surface area contributed by atoms with Crippen molar-refractivity contribution in [1.82, 2.24) is 9.55 Å². The molecule has 1 aliphatic rings. The van der Waals surface area contributed by atoms with Crippen molar-refractivity contribution in [3.05, 3.63) is 168 Å². The van der Waals surface area contributed by atoms with Gasteiger partial charge in [-0.15, -0.1) is 0 Å². The Morgan fingerprint density at radius 2 is 1.51 bits per heavy atom. The standard InChI is InChI=1S/C42H43N4O11PS/c1-29-27-45(41(48)44-40(29)47)39-26-37(57-58(59,54-24-7-23-43)55-25-22-30-10-16-34(17-11-30)46(49)50)38(56-39)28-53-42(31-8-5-4-6-9-31,32-12-18-35(51-2)19-13-32)33-14-20-36(52-3)21-15-33/h4-6,8-21,27,37-39H,7,22,24-26,28H2,1-3H3,(H,44,47,48)/t37-,38+,39+,58?/m0/s1. The number of aromatic amines is 1. The first-order valence-electron chi connectivity index (χ1n) is 18.6. The van der Waals surface area contributed by atoms with Crippen LogP contribution in [0.2, 0.25) is 0 Å². The van der Waals surface area contributed by atoms with Crippen LogP contribution in [0, 0.1) is 28.4 Å². The summed E-state index contributed by atoms with van der Waals surface area (Å²) >= 11 is 5.94. The van der Waals surface area contributed by atoms with E-state index in [0.717, 1.165) is 22.3 Å². The van der Waals surface area contributed by atoms with E-state index in [-0.39, 0.29) is 38.3 Å². The number of aromatic nitrogens is 2. The van der Waals surface area contributed by atoms with Gasteiger partial charge in [-0.1, -0.05) is 66.7 Å². The number of nitrogens with one attached hydrogen (secondary N) is 1. The number of hydrogen-bond acceptors (Lipinski definition) is 13. The molecule has 1 saturated heterocycles. The molecule has 0 spiro atoms. The average molecular weight is 843 g/mol. The van der Waals surface area contributed by atoms with Crippen LogP contribution in [0.4, 0.5) is 5.69 Å². The fourth-order valence-corrected chi connectivity index (χ4v) is 8.90. The maximum absolute atomic E-state index is 13.2. The summed E-state index contributed by atoms with van der Waals surface area (Å²) in [6.45, 7) is -2.21. The molecular formula is C42H43N4O11PS. The Bertz CT molecular complexity index is 2360. The highest BCUT2D eigenvalue weighted by molar-refractivity contribution is 8.07. The topological polar surface area (TPSA) is 186 Å². The molecule has 17 heteroatoms. The Labute approximate surface area is 345 Å². The number of non-ortho nitro benzene ring substituents is 1. The zero-order valence-corrected chi connectivity index (χ0v) is 34.3. The predicted octanol–water partition coefficient (Wildman–Crippen LogP) is 6.87. The van der Waals surface area contributed by atoms with Crippen LogP contribution >= 0.6 is 6.72 Å². The van der Waals surface area contributed by atoms with E-state index in [0.29, 0.717) is 23.5 Å². The zero-order valence-electron chi connectivity index (χ0n) is 32.6. The first kappa shape index (κ1) is 43.1. The number of methoxy groups -OCH3 is 2. The number of nitro benzene ring substituents is 1. The third kappa shape index (κ3) is 10.2. The van der Waals surface area contributed by atoms with Crippen molar-refractivity contribution in [2.24, 2.45) is 0 Å². The van der Waals surface area contributed by atoms with E-state index in [1.807, 2.05) is 84.9 Å². The molecule has 4 aromatic carbocycles. The predicted molar refractivity (Wildman–Crippen MR) is 221 cm³/mol. The number of benzene rings is 4. The second-order valence-electron chi connectivity index (χ2n) is 13.5. The van der Waals surface area contributed by atoms with Gasteiger partial charge in [0.15, 0.2) is 0 Å². The Morgan fingerprint density at radius 1 is 0.915 bits per heavy atom. The van der Waals surface area contributed by atoms with Crippen molar-refractivity contribution in [2.45, 2.75) is 50.2 Å². The minimum atomic E-state index is -3.64. The van der Waals surface area contributed by atoms with E-state index in [2.05, 4.69) is 4.98 Å². The molecule has 0 saturated carbocycles. The molecule has 308 valence electrons. The number of nitro groups is 1. The van der Waals surface area contributed by atoms with Crippen LogP contribution in [0.5, 0.6) is 11.5 Å². The second kappa shape index (κ2) is 19.5. The van der Waals surface area contributed by atoms with E-state index in [9.17, 15) is 25.0 Å². The van der Waals surface area contributed by atoms with Gasteiger partial charge in [0.2, 0.25) is 0 Å². The van der Waals surface area contributed by atoms with Crippen molar-refractivity contribution >= 4 is 24.2 Å². The Balaban J connectivity index is 1.37. The molecule has 5 aromatic rings. The van der Waals surface area contributed by atoms with Gasteiger partial charge in [-0.05, 0) is 71.7 Å². The van der Waals surface area contributed by atoms with Crippen molar-refractivity contribution < 1.29 is 37.4 Å². The van der Waals surface area contributed by atoms with Crippen molar-refractivity contribution in [3.63, 3.8) is 0 Å². The normalized spacial score (nSPS) is 17.5. The molecule has 1 fully saturated rings. The lowest BCUT2D eigenvalue weighted by Gasteiger charge is -2.37. The number of rotatable bonds is 19. The summed E-state index contributed by atoms with van der Waals surface area (Å²) in [5, 5.41) is 20.5. The van der Waals surface area contributed by atoms with Crippen LogP contribution in [0.3, 0.4) is 0 Å². The molecule has 1 aliphatic heterocycles. The van der Waals surface area contributed by atoms with E-state index in [1.54, 1.807) is 33.3 Å². The van der Waals surface area contributed by atoms with Gasteiger partial charge in [0.1, 0.15) is 29.4 Å². The van der Waals surface area contributed by atoms with E-state index >= 15 is 0 Å².